The molecule has 6 nitrogen and oxygen atoms in total. The van der Waals surface area contributed by atoms with Gasteiger partial charge in [0.2, 0.25) is 5.78 Å². The smallest absolute Gasteiger partial charge is 0.202 e. The summed E-state index contributed by atoms with van der Waals surface area (Å²) in [4.78, 5) is 28.4. The molecule has 1 fully saturated rings. The summed E-state index contributed by atoms with van der Waals surface area (Å²) in [5.74, 6) is 1.44. The van der Waals surface area contributed by atoms with E-state index in [9.17, 15) is 4.79 Å². The molecule has 28 heavy (non-hydrogen) atoms. The molecule has 0 unspecified atom stereocenters. The summed E-state index contributed by atoms with van der Waals surface area (Å²) in [6.45, 7) is 4.57. The van der Waals surface area contributed by atoms with Gasteiger partial charge in [-0.2, -0.15) is 0 Å². The maximum absolute atomic E-state index is 12.8. The Bertz CT molecular complexity index is 963. The lowest BCUT2D eigenvalue weighted by Crippen LogP contribution is -2.38. The summed E-state index contributed by atoms with van der Waals surface area (Å²) in [6.07, 6.45) is 9.24. The van der Waals surface area contributed by atoms with Crippen molar-refractivity contribution in [2.24, 2.45) is 13.0 Å². The molecule has 1 aliphatic rings. The number of aryl methyl sites for hydroxylation is 2. The number of piperidine rings is 1. The summed E-state index contributed by atoms with van der Waals surface area (Å²) in [5.41, 5.74) is 3.30. The highest BCUT2D eigenvalue weighted by molar-refractivity contribution is 5.94. The zero-order valence-corrected chi connectivity index (χ0v) is 16.4. The molecule has 1 saturated heterocycles. The van der Waals surface area contributed by atoms with E-state index in [-0.39, 0.29) is 11.7 Å². The van der Waals surface area contributed by atoms with Crippen LogP contribution in [0.5, 0.6) is 0 Å². The third-order valence-corrected chi connectivity index (χ3v) is 5.31. The lowest BCUT2D eigenvalue weighted by atomic mass is 9.93. The normalized spacial score (nSPS) is 17.6. The minimum absolute atomic E-state index is 0.00216. The van der Waals surface area contributed by atoms with Crippen LogP contribution < -0.4 is 0 Å². The Morgan fingerprint density at radius 2 is 2.04 bits per heavy atom. The van der Waals surface area contributed by atoms with E-state index in [1.165, 1.54) is 5.56 Å². The Morgan fingerprint density at radius 3 is 2.75 bits per heavy atom. The van der Waals surface area contributed by atoms with Crippen LogP contribution in [0.4, 0.5) is 0 Å². The molecule has 0 N–H and O–H groups in total. The van der Waals surface area contributed by atoms with Gasteiger partial charge in [0.25, 0.3) is 0 Å². The Kier molecular flexibility index (Phi) is 5.30. The van der Waals surface area contributed by atoms with Crippen LogP contribution in [0.1, 0.15) is 34.6 Å². The topological polar surface area (TPSA) is 63.9 Å². The monoisotopic (exact) mass is 375 g/mol. The van der Waals surface area contributed by atoms with E-state index < -0.39 is 0 Å². The van der Waals surface area contributed by atoms with Crippen LogP contribution in [-0.2, 0) is 13.6 Å². The molecule has 2 aromatic heterocycles. The number of ketones is 1. The largest absolute Gasteiger partial charge is 0.332 e. The van der Waals surface area contributed by atoms with E-state index in [0.717, 1.165) is 49.4 Å². The van der Waals surface area contributed by atoms with Gasteiger partial charge in [0.05, 0.1) is 0 Å². The lowest BCUT2D eigenvalue weighted by molar-refractivity contribution is 0.0797. The van der Waals surface area contributed by atoms with Gasteiger partial charge < -0.3 is 4.57 Å². The van der Waals surface area contributed by atoms with Crippen molar-refractivity contribution in [3.8, 4) is 11.4 Å². The molecule has 0 saturated carbocycles. The van der Waals surface area contributed by atoms with Crippen LogP contribution in [0, 0.1) is 12.8 Å². The highest BCUT2D eigenvalue weighted by atomic mass is 16.1. The van der Waals surface area contributed by atoms with E-state index in [1.54, 1.807) is 10.8 Å². The number of benzene rings is 1. The Morgan fingerprint density at radius 1 is 1.21 bits per heavy atom. The highest BCUT2D eigenvalue weighted by Gasteiger charge is 2.28. The first-order valence-electron chi connectivity index (χ1n) is 9.72. The third-order valence-electron chi connectivity index (χ3n) is 5.31. The fourth-order valence-corrected chi connectivity index (χ4v) is 3.83. The van der Waals surface area contributed by atoms with E-state index in [2.05, 4.69) is 38.9 Å². The Balaban J connectivity index is 1.41. The molecule has 1 aromatic carbocycles. The molecule has 3 heterocycles. The van der Waals surface area contributed by atoms with Gasteiger partial charge >= 0.3 is 0 Å². The molecule has 4 rings (SSSR count). The molecule has 1 atom stereocenters. The SMILES string of the molecule is Cc1cccc(-c2ncc(CN3CCC[C@H](C(=O)c4nccn4C)C3)cn2)c1. The number of hydrogen-bond donors (Lipinski definition) is 0. The standard InChI is InChI=1S/C22H25N5O/c1-16-5-3-6-18(11-16)21-24-12-17(13-25-21)14-27-9-4-7-19(15-27)20(28)22-23-8-10-26(22)2/h3,5-6,8,10-13,19H,4,7,9,14-15H2,1-2H3/t19-/m0/s1. The average Bonchev–Trinajstić information content (AvgIpc) is 3.14. The minimum atomic E-state index is 0.00216. The minimum Gasteiger partial charge on any atom is -0.332 e. The predicted octanol–water partition coefficient (Wildman–Crippen LogP) is 3.28. The van der Waals surface area contributed by atoms with Gasteiger partial charge in [0.15, 0.2) is 11.6 Å². The average molecular weight is 375 g/mol. The van der Waals surface area contributed by atoms with Crippen LogP contribution in [-0.4, -0.2) is 43.3 Å². The summed E-state index contributed by atoms with van der Waals surface area (Å²) >= 11 is 0. The van der Waals surface area contributed by atoms with Gasteiger partial charge in [-0.1, -0.05) is 23.8 Å². The van der Waals surface area contributed by atoms with Crippen LogP contribution in [0.25, 0.3) is 11.4 Å². The summed E-state index contributed by atoms with van der Waals surface area (Å²) in [6, 6.07) is 8.21. The third kappa shape index (κ3) is 4.02. The molecule has 6 heteroatoms. The summed E-state index contributed by atoms with van der Waals surface area (Å²) in [7, 11) is 1.87. The quantitative estimate of drug-likeness (QED) is 0.641. The first-order chi connectivity index (χ1) is 13.6. The number of imidazole rings is 1. The molecular formula is C22H25N5O. The number of likely N-dealkylation sites (tertiary alicyclic amines) is 1. The molecule has 3 aromatic rings. The van der Waals surface area contributed by atoms with Gasteiger partial charge in [0.1, 0.15) is 0 Å². The van der Waals surface area contributed by atoms with Crippen LogP contribution in [0.15, 0.2) is 49.1 Å². The zero-order valence-electron chi connectivity index (χ0n) is 16.4. The second-order valence-corrected chi connectivity index (χ2v) is 7.58. The molecule has 0 amide bonds. The van der Waals surface area contributed by atoms with Gasteiger partial charge in [-0.25, -0.2) is 15.0 Å². The first-order valence-corrected chi connectivity index (χ1v) is 9.72. The number of Topliss-reactive ketones (excluding diaryl/α,β-unsaturated/α-hetero) is 1. The number of carbonyl (C=O) groups is 1. The zero-order chi connectivity index (χ0) is 19.5. The maximum atomic E-state index is 12.8. The van der Waals surface area contributed by atoms with E-state index in [0.29, 0.717) is 5.82 Å². The van der Waals surface area contributed by atoms with Crippen molar-refractivity contribution < 1.29 is 4.79 Å². The number of rotatable bonds is 5. The molecule has 144 valence electrons. The number of aromatic nitrogens is 4. The van der Waals surface area contributed by atoms with Crippen LogP contribution >= 0.6 is 0 Å². The van der Waals surface area contributed by atoms with Gasteiger partial charge in [-0.15, -0.1) is 0 Å². The molecule has 1 aliphatic heterocycles. The maximum Gasteiger partial charge on any atom is 0.202 e. The van der Waals surface area contributed by atoms with Crippen molar-refractivity contribution in [2.75, 3.05) is 13.1 Å². The van der Waals surface area contributed by atoms with Crippen molar-refractivity contribution in [3.05, 3.63) is 66.0 Å². The Hall–Kier alpha value is -2.86. The number of nitrogens with zero attached hydrogens (tertiary/aromatic N) is 5. The number of hydrogen-bond acceptors (Lipinski definition) is 5. The van der Waals surface area contributed by atoms with Crippen molar-refractivity contribution in [3.63, 3.8) is 0 Å². The Labute approximate surface area is 165 Å². The first kappa shape index (κ1) is 18.5. The van der Waals surface area contributed by atoms with E-state index in [1.807, 2.05) is 37.8 Å². The van der Waals surface area contributed by atoms with E-state index >= 15 is 0 Å². The lowest BCUT2D eigenvalue weighted by Gasteiger charge is -2.31. The van der Waals surface area contributed by atoms with Gasteiger partial charge in [-0.3, -0.25) is 9.69 Å². The van der Waals surface area contributed by atoms with Crippen molar-refractivity contribution >= 4 is 5.78 Å². The highest BCUT2D eigenvalue weighted by Crippen LogP contribution is 2.22. The van der Waals surface area contributed by atoms with Gasteiger partial charge in [-0.05, 0) is 32.4 Å². The molecular weight excluding hydrogens is 350 g/mol. The predicted molar refractivity (Wildman–Crippen MR) is 108 cm³/mol. The second-order valence-electron chi connectivity index (χ2n) is 7.58. The summed E-state index contributed by atoms with van der Waals surface area (Å²) in [5, 5.41) is 0. The van der Waals surface area contributed by atoms with Crippen LogP contribution in [0.2, 0.25) is 0 Å². The summed E-state index contributed by atoms with van der Waals surface area (Å²) < 4.78 is 1.80. The number of carbonyl (C=O) groups excluding carboxylic acids is 1. The molecule has 0 spiro atoms. The van der Waals surface area contributed by atoms with E-state index in [4.69, 9.17) is 0 Å². The fourth-order valence-electron chi connectivity index (χ4n) is 3.83. The molecule has 0 radical (unpaired) electrons. The van der Waals surface area contributed by atoms with Crippen molar-refractivity contribution in [1.29, 1.82) is 0 Å². The van der Waals surface area contributed by atoms with Crippen molar-refractivity contribution in [2.45, 2.75) is 26.3 Å². The molecule has 0 bridgehead atoms. The van der Waals surface area contributed by atoms with Crippen LogP contribution in [0.3, 0.4) is 0 Å². The van der Waals surface area contributed by atoms with Crippen molar-refractivity contribution in [1.82, 2.24) is 24.4 Å². The second kappa shape index (κ2) is 8.02. The fraction of sp³-hybridized carbons (Fsp3) is 0.364. The van der Waals surface area contributed by atoms with Gasteiger partial charge in [0, 0.05) is 62.0 Å². The molecule has 0 aliphatic carbocycles.